The van der Waals surface area contributed by atoms with Crippen LogP contribution in [0.25, 0.3) is 0 Å². The molecule has 0 spiro atoms. The van der Waals surface area contributed by atoms with Gasteiger partial charge in [0.2, 0.25) is 0 Å². The van der Waals surface area contributed by atoms with Gasteiger partial charge in [-0.15, -0.1) is 0 Å². The van der Waals surface area contributed by atoms with Crippen molar-refractivity contribution in [1.29, 1.82) is 0 Å². The Bertz CT molecular complexity index is 271. The van der Waals surface area contributed by atoms with E-state index in [0.29, 0.717) is 4.43 Å². The van der Waals surface area contributed by atoms with Crippen LogP contribution in [0.15, 0.2) is 0 Å². The number of halogens is 7. The van der Waals surface area contributed by atoms with Crippen molar-refractivity contribution in [1.82, 2.24) is 3.11 Å². The van der Waals surface area contributed by atoms with Crippen LogP contribution < -0.4 is 21.5 Å². The average Bonchev–Trinajstić information content (AvgIpc) is 2.23. The summed E-state index contributed by atoms with van der Waals surface area (Å²) < 4.78 is 83.6. The first-order valence-corrected chi connectivity index (χ1v) is 8.91. The van der Waals surface area contributed by atoms with E-state index >= 15 is 0 Å². The Morgan fingerprint density at radius 1 is 1.16 bits per heavy atom. The van der Waals surface area contributed by atoms with Crippen molar-refractivity contribution in [3.05, 3.63) is 0 Å². The molecule has 0 aromatic heterocycles. The SMILES string of the molecule is CCC[I-]N(C)C(C)C([O][Sn])(C(F)(F)F)C(F)(F)F. The number of hydrogen-bond acceptors (Lipinski definition) is 2. The molecule has 2 nitrogen and oxygen atoms in total. The van der Waals surface area contributed by atoms with Gasteiger partial charge in [0.1, 0.15) is 0 Å². The second-order valence-electron chi connectivity index (χ2n) is 3.84. The zero-order chi connectivity index (χ0) is 15.5. The van der Waals surface area contributed by atoms with Crippen LogP contribution in [0, 0.1) is 0 Å². The molecule has 19 heavy (non-hydrogen) atoms. The van der Waals surface area contributed by atoms with Crippen LogP contribution in [0.5, 0.6) is 0 Å². The zero-order valence-corrected chi connectivity index (χ0v) is 15.5. The predicted molar refractivity (Wildman–Crippen MR) is 54.1 cm³/mol. The summed E-state index contributed by atoms with van der Waals surface area (Å²) in [4.78, 5) is 0. The summed E-state index contributed by atoms with van der Waals surface area (Å²) in [6, 6.07) is -1.80. The minimum absolute atomic E-state index is 0.262. The molecule has 0 aliphatic heterocycles. The van der Waals surface area contributed by atoms with E-state index in [1.54, 1.807) is 0 Å². The van der Waals surface area contributed by atoms with Crippen LogP contribution in [0.2, 0.25) is 0 Å². The van der Waals surface area contributed by atoms with E-state index < -0.39 is 45.5 Å². The molecule has 0 heterocycles. The van der Waals surface area contributed by atoms with Gasteiger partial charge in [-0.1, -0.05) is 0 Å². The number of nitrogens with zero attached hydrogens (tertiary/aromatic N) is 1. The normalized spacial score (nSPS) is 16.2. The third-order valence-electron chi connectivity index (χ3n) is 2.59. The summed E-state index contributed by atoms with van der Waals surface area (Å²) in [5, 5.41) is 0. The third-order valence-corrected chi connectivity index (χ3v) is 6.98. The van der Waals surface area contributed by atoms with Gasteiger partial charge in [-0.2, -0.15) is 0 Å². The summed E-state index contributed by atoms with van der Waals surface area (Å²) in [6.45, 7) is 2.75. The Labute approximate surface area is 132 Å². The first-order valence-electron chi connectivity index (χ1n) is 5.26. The van der Waals surface area contributed by atoms with Gasteiger partial charge in [-0.25, -0.2) is 0 Å². The molecular weight excluding hydrogens is 498 g/mol. The van der Waals surface area contributed by atoms with Gasteiger partial charge < -0.3 is 0 Å². The van der Waals surface area contributed by atoms with Crippen molar-refractivity contribution in [2.45, 2.75) is 44.3 Å². The van der Waals surface area contributed by atoms with Crippen molar-refractivity contribution >= 4 is 22.9 Å². The second kappa shape index (κ2) is 7.34. The molecule has 0 rings (SSSR count). The third kappa shape index (κ3) is 4.25. The Kier molecular flexibility index (Phi) is 7.74. The fourth-order valence-electron chi connectivity index (χ4n) is 1.41. The molecule has 0 aliphatic rings. The van der Waals surface area contributed by atoms with Crippen LogP contribution in [-0.4, -0.2) is 61.5 Å². The van der Waals surface area contributed by atoms with Crippen LogP contribution >= 0.6 is 0 Å². The zero-order valence-electron chi connectivity index (χ0n) is 10.5. The maximum atomic E-state index is 13.0. The van der Waals surface area contributed by atoms with Gasteiger partial charge in [-0.05, 0) is 0 Å². The Hall–Kier alpha value is 1.03. The molecule has 0 N–H and O–H groups in total. The number of likely N-dealkylation sites (N-methyl/N-ethyl adjacent to an activating group) is 1. The van der Waals surface area contributed by atoms with Gasteiger partial charge in [0.15, 0.2) is 0 Å². The molecule has 0 saturated carbocycles. The molecule has 0 bridgehead atoms. The molecule has 0 aromatic rings. The van der Waals surface area contributed by atoms with Gasteiger partial charge in [-0.3, -0.25) is 0 Å². The molecule has 0 aromatic carbocycles. The molecule has 3 radical (unpaired) electrons. The van der Waals surface area contributed by atoms with Crippen LogP contribution in [0.4, 0.5) is 26.3 Å². The van der Waals surface area contributed by atoms with Crippen LogP contribution in [-0.2, 0) is 3.07 Å². The Balaban J connectivity index is 5.48. The molecule has 0 fully saturated rings. The molecule has 10 heteroatoms. The monoisotopic (exact) mass is 513 g/mol. The topological polar surface area (TPSA) is 12.5 Å². The van der Waals surface area contributed by atoms with E-state index in [1.807, 2.05) is 6.92 Å². The first kappa shape index (κ1) is 20.0. The molecule has 0 amide bonds. The fourth-order valence-corrected chi connectivity index (χ4v) is 4.78. The molecule has 1 atom stereocenters. The van der Waals surface area contributed by atoms with E-state index in [4.69, 9.17) is 0 Å². The van der Waals surface area contributed by atoms with Crippen molar-refractivity contribution in [3.8, 4) is 0 Å². The van der Waals surface area contributed by atoms with Crippen molar-refractivity contribution in [2.24, 2.45) is 0 Å². The van der Waals surface area contributed by atoms with Crippen molar-refractivity contribution in [2.75, 3.05) is 11.5 Å². The Morgan fingerprint density at radius 3 is 1.84 bits per heavy atom. The molecular formula is C9H14F6INOSn-. The van der Waals surface area contributed by atoms with E-state index in [1.165, 1.54) is 7.05 Å². The maximum absolute atomic E-state index is 13.0. The van der Waals surface area contributed by atoms with Gasteiger partial charge >= 0.3 is 133 Å². The van der Waals surface area contributed by atoms with Gasteiger partial charge in [0, 0.05) is 0 Å². The second-order valence-corrected chi connectivity index (χ2v) is 7.71. The van der Waals surface area contributed by atoms with Crippen molar-refractivity contribution in [3.63, 3.8) is 0 Å². The molecule has 0 aliphatic carbocycles. The number of rotatable bonds is 6. The molecule has 115 valence electrons. The summed E-state index contributed by atoms with van der Waals surface area (Å²) in [5.41, 5.74) is -4.11. The quantitative estimate of drug-likeness (QED) is 0.159. The van der Waals surface area contributed by atoms with Crippen molar-refractivity contribution < 1.29 is 50.9 Å². The standard InChI is InChI=1S/C9H14F6INO.Sn/c1-4-5-16-17(3)6(2)7(18,8(10,11)12)9(13,14)15;/h6H,4-5H2,1-3H3;/q-2;+1. The van der Waals surface area contributed by atoms with Gasteiger partial charge in [0.05, 0.1) is 0 Å². The van der Waals surface area contributed by atoms with Crippen LogP contribution in [0.1, 0.15) is 20.3 Å². The first-order chi connectivity index (χ1) is 8.45. The summed E-state index contributed by atoms with van der Waals surface area (Å²) in [5.74, 6) is 0. The van der Waals surface area contributed by atoms with E-state index in [-0.39, 0.29) is 22.9 Å². The minimum atomic E-state index is -5.50. The number of alkyl halides is 7. The summed E-state index contributed by atoms with van der Waals surface area (Å²) in [6.07, 6.45) is -10.3. The molecule has 1 unspecified atom stereocenters. The average molecular weight is 512 g/mol. The van der Waals surface area contributed by atoms with E-state index in [0.717, 1.165) is 16.5 Å². The fraction of sp³-hybridized carbons (Fsp3) is 1.00. The Morgan fingerprint density at radius 2 is 1.58 bits per heavy atom. The van der Waals surface area contributed by atoms with E-state index in [9.17, 15) is 26.3 Å². The predicted octanol–water partition coefficient (Wildman–Crippen LogP) is -0.316. The summed E-state index contributed by atoms with van der Waals surface area (Å²) >= 11 is -1.15. The van der Waals surface area contributed by atoms with Crippen LogP contribution in [0.3, 0.4) is 0 Å². The summed E-state index contributed by atoms with van der Waals surface area (Å²) in [7, 11) is 1.29. The number of hydrogen-bond donors (Lipinski definition) is 0. The van der Waals surface area contributed by atoms with Gasteiger partial charge in [0.25, 0.3) is 0 Å². The molecule has 0 saturated heterocycles. The van der Waals surface area contributed by atoms with E-state index in [2.05, 4.69) is 3.07 Å².